The number of carbonyl (C=O) groups excluding carboxylic acids is 6. The van der Waals surface area contributed by atoms with Gasteiger partial charge in [0.05, 0.1) is 21.9 Å². The van der Waals surface area contributed by atoms with Crippen LogP contribution in [0, 0.1) is 11.6 Å². The molecular formula is C60H82F2N10O10S2. The lowest BCUT2D eigenvalue weighted by molar-refractivity contribution is -0.138. The zero-order valence-corrected chi connectivity index (χ0v) is 50.1. The van der Waals surface area contributed by atoms with Crippen LogP contribution in [0.15, 0.2) is 119 Å². The van der Waals surface area contributed by atoms with Crippen molar-refractivity contribution in [3.05, 3.63) is 132 Å². The third-order valence-corrected chi connectivity index (χ3v) is 19.2. The maximum atomic E-state index is 14.4. The number of carbonyl (C=O) groups is 6. The molecule has 2 fully saturated rings. The number of nitrogens with one attached hydrogen (secondary N) is 6. The van der Waals surface area contributed by atoms with Crippen LogP contribution in [0.1, 0.15) is 89.2 Å². The Labute approximate surface area is 493 Å². The summed E-state index contributed by atoms with van der Waals surface area (Å²) in [5, 5.41) is 17.0. The molecule has 4 aromatic carbocycles. The van der Waals surface area contributed by atoms with Gasteiger partial charge in [-0.2, -0.15) is 8.61 Å². The van der Waals surface area contributed by atoms with Crippen molar-refractivity contribution in [2.75, 3.05) is 66.5 Å². The van der Waals surface area contributed by atoms with Crippen LogP contribution < -0.4 is 31.9 Å². The standard InChI is InChI=1S/C60H82F2N10O10S2/c1-43(63-3)57(75)67-53(59(77)71-37-13-19-49(71)41-69(39-33-45-15-7-5-8-16-45)83(79,80)51-27-23-47(61)24-28-51)21-11-35-65-55(73)31-32-56(74)66-36-12-22-54(68-58(76)44(2)64-4)60(78)72-38-14-20-50(72)42-70(40-34-46-17-9-6-10-18-46)84(81,82)52-29-25-48(62)26-30-52/h5-10,15-18,23-30,43-44,49-50,53-54,63-64H,11-14,19-22,31-42H2,1-4H3,(H,65,73)(H,66,74)(H,67,75)(H,68,76)/t43-,44-,49-,50-,53-,54?/m0/s1. The highest BCUT2D eigenvalue weighted by Gasteiger charge is 2.39. The zero-order valence-electron chi connectivity index (χ0n) is 48.4. The first-order valence-electron chi connectivity index (χ1n) is 28.9. The fraction of sp³-hybridized carbons (Fsp3) is 0.500. The molecule has 2 heterocycles. The van der Waals surface area contributed by atoms with E-state index in [1.807, 2.05) is 60.7 Å². The number of amides is 6. The topological polar surface area (TPSA) is 256 Å². The van der Waals surface area contributed by atoms with Crippen molar-refractivity contribution in [3.8, 4) is 0 Å². The predicted molar refractivity (Wildman–Crippen MR) is 315 cm³/mol. The van der Waals surface area contributed by atoms with E-state index in [-0.39, 0.29) is 99.4 Å². The van der Waals surface area contributed by atoms with E-state index in [1.54, 1.807) is 37.7 Å². The minimum atomic E-state index is -4.12. The van der Waals surface area contributed by atoms with Gasteiger partial charge < -0.3 is 41.7 Å². The number of sulfonamides is 2. The van der Waals surface area contributed by atoms with Crippen molar-refractivity contribution in [1.82, 2.24) is 50.3 Å². The fourth-order valence-corrected chi connectivity index (χ4v) is 13.2. The van der Waals surface area contributed by atoms with Crippen molar-refractivity contribution in [2.45, 2.75) is 137 Å². The summed E-state index contributed by atoms with van der Waals surface area (Å²) in [6.07, 6.45) is 3.50. The van der Waals surface area contributed by atoms with Gasteiger partial charge >= 0.3 is 0 Å². The molecule has 6 atom stereocenters. The third-order valence-electron chi connectivity index (χ3n) is 15.5. The number of nitrogens with zero attached hydrogens (tertiary/aromatic N) is 4. The summed E-state index contributed by atoms with van der Waals surface area (Å²) in [4.78, 5) is 84.4. The third kappa shape index (κ3) is 19.4. The molecule has 0 aromatic heterocycles. The van der Waals surface area contributed by atoms with Gasteiger partial charge in [-0.15, -0.1) is 0 Å². The zero-order chi connectivity index (χ0) is 60.8. The largest absolute Gasteiger partial charge is 0.356 e. The van der Waals surface area contributed by atoms with E-state index in [0.717, 1.165) is 35.4 Å². The number of likely N-dealkylation sites (tertiary alicyclic amines) is 2. The Bertz CT molecular complexity index is 2820. The molecule has 0 saturated carbocycles. The monoisotopic (exact) mass is 1200 g/mol. The highest BCUT2D eigenvalue weighted by atomic mass is 32.2. The van der Waals surface area contributed by atoms with Gasteiger partial charge in [0.1, 0.15) is 23.7 Å². The van der Waals surface area contributed by atoms with E-state index in [1.165, 1.54) is 32.9 Å². The van der Waals surface area contributed by atoms with Crippen molar-refractivity contribution < 1.29 is 54.4 Å². The molecule has 24 heteroatoms. The van der Waals surface area contributed by atoms with Crippen molar-refractivity contribution in [2.24, 2.45) is 0 Å². The number of halogens is 2. The van der Waals surface area contributed by atoms with Gasteiger partial charge in [-0.3, -0.25) is 28.8 Å². The van der Waals surface area contributed by atoms with Gasteiger partial charge in [0, 0.05) is 77.3 Å². The Morgan fingerprint density at radius 3 is 1.25 bits per heavy atom. The number of rotatable bonds is 33. The first-order valence-corrected chi connectivity index (χ1v) is 31.8. The summed E-state index contributed by atoms with van der Waals surface area (Å²) < 4.78 is 86.8. The van der Waals surface area contributed by atoms with Crippen LogP contribution in [0.2, 0.25) is 0 Å². The van der Waals surface area contributed by atoms with Crippen LogP contribution >= 0.6 is 0 Å². The van der Waals surface area contributed by atoms with Gasteiger partial charge in [0.15, 0.2) is 0 Å². The Kier molecular flexibility index (Phi) is 25.7. The second-order valence-corrected chi connectivity index (χ2v) is 25.3. The molecule has 0 spiro atoms. The number of likely N-dealkylation sites (N-methyl/N-ethyl adjacent to an activating group) is 2. The maximum absolute atomic E-state index is 14.4. The molecule has 20 nitrogen and oxygen atoms in total. The number of hydrogen-bond acceptors (Lipinski definition) is 12. The lowest BCUT2D eigenvalue weighted by Crippen LogP contribution is -2.55. The van der Waals surface area contributed by atoms with Gasteiger partial charge in [0.25, 0.3) is 0 Å². The number of benzene rings is 4. The maximum Gasteiger partial charge on any atom is 0.245 e. The Morgan fingerprint density at radius 1 is 0.548 bits per heavy atom. The van der Waals surface area contributed by atoms with Crippen LogP contribution in [0.25, 0.3) is 0 Å². The predicted octanol–water partition coefficient (Wildman–Crippen LogP) is 3.87. The van der Waals surface area contributed by atoms with Gasteiger partial charge in [0.2, 0.25) is 55.5 Å². The van der Waals surface area contributed by atoms with Crippen LogP contribution in [0.3, 0.4) is 0 Å². The van der Waals surface area contributed by atoms with Crippen LogP contribution in [-0.4, -0.2) is 173 Å². The molecule has 0 bridgehead atoms. The van der Waals surface area contributed by atoms with E-state index >= 15 is 0 Å². The molecule has 0 aliphatic carbocycles. The highest BCUT2D eigenvalue weighted by molar-refractivity contribution is 7.89. The molecule has 2 saturated heterocycles. The fourth-order valence-electron chi connectivity index (χ4n) is 10.3. The molecular weight excluding hydrogens is 1120 g/mol. The molecule has 6 N–H and O–H groups in total. The Hall–Kier alpha value is -6.70. The summed E-state index contributed by atoms with van der Waals surface area (Å²) in [5.74, 6) is -3.62. The summed E-state index contributed by atoms with van der Waals surface area (Å²) in [7, 11) is -5.02. The average molecular weight is 1210 g/mol. The molecule has 6 rings (SSSR count). The van der Waals surface area contributed by atoms with Gasteiger partial charge in [-0.25, -0.2) is 25.6 Å². The normalized spacial score (nSPS) is 16.9. The first-order chi connectivity index (χ1) is 40.2. The van der Waals surface area contributed by atoms with Crippen LogP contribution in [0.5, 0.6) is 0 Å². The molecule has 6 amide bonds. The van der Waals surface area contributed by atoms with Crippen molar-refractivity contribution >= 4 is 55.5 Å². The summed E-state index contributed by atoms with van der Waals surface area (Å²) in [6, 6.07) is 23.6. The summed E-state index contributed by atoms with van der Waals surface area (Å²) in [6.45, 7) is 4.34. The van der Waals surface area contributed by atoms with E-state index in [2.05, 4.69) is 31.9 Å². The number of hydrogen-bond donors (Lipinski definition) is 6. The van der Waals surface area contributed by atoms with Crippen molar-refractivity contribution in [1.29, 1.82) is 0 Å². The minimum Gasteiger partial charge on any atom is -0.356 e. The van der Waals surface area contributed by atoms with E-state index in [0.29, 0.717) is 51.6 Å². The quantitative estimate of drug-likeness (QED) is 0.0372. The molecule has 0 radical (unpaired) electrons. The van der Waals surface area contributed by atoms with Gasteiger partial charge in [-0.05, 0) is 152 Å². The van der Waals surface area contributed by atoms with E-state index in [4.69, 9.17) is 0 Å². The van der Waals surface area contributed by atoms with Gasteiger partial charge in [-0.1, -0.05) is 60.7 Å². The SMILES string of the molecule is CN[C@@H](C)C(=O)NC(CCCNC(=O)CCC(=O)NCCC[C@H](NC(=O)[C@H](C)NC)C(=O)N1CCC[C@H]1CN(CCc1ccccc1)S(=O)(=O)c1ccc(F)cc1)C(=O)N1CCC[C@H]1CN(CCc1ccccc1)S(=O)(=O)c1ccc(F)cc1. The minimum absolute atomic E-state index is 0.0288. The van der Waals surface area contributed by atoms with Crippen molar-refractivity contribution in [3.63, 3.8) is 0 Å². The average Bonchev–Trinajstić information content (AvgIpc) is 4.34. The molecule has 4 aromatic rings. The molecule has 84 heavy (non-hydrogen) atoms. The molecule has 2 aliphatic heterocycles. The lowest BCUT2D eigenvalue weighted by atomic mass is 10.1. The van der Waals surface area contributed by atoms with Crippen LogP contribution in [-0.2, 0) is 61.7 Å². The first kappa shape index (κ1) is 66.4. The van der Waals surface area contributed by atoms with E-state index in [9.17, 15) is 54.4 Å². The second kappa shape index (κ2) is 32.5. The molecule has 458 valence electrons. The summed E-state index contributed by atoms with van der Waals surface area (Å²) in [5.41, 5.74) is 1.83. The highest BCUT2D eigenvalue weighted by Crippen LogP contribution is 2.27. The Balaban J connectivity index is 1.00. The lowest BCUT2D eigenvalue weighted by Gasteiger charge is -2.33. The summed E-state index contributed by atoms with van der Waals surface area (Å²) >= 11 is 0. The van der Waals surface area contributed by atoms with Crippen LogP contribution in [0.4, 0.5) is 8.78 Å². The smallest absolute Gasteiger partial charge is 0.245 e. The molecule has 2 aliphatic rings. The second-order valence-electron chi connectivity index (χ2n) is 21.4. The Morgan fingerprint density at radius 2 is 0.905 bits per heavy atom. The molecule has 1 unspecified atom stereocenters. The van der Waals surface area contributed by atoms with E-state index < -0.39 is 91.6 Å².